The quantitative estimate of drug-likeness (QED) is 0.740. The zero-order chi connectivity index (χ0) is 13.0. The fraction of sp³-hybridized carbons (Fsp3) is 0.583. The molecular weight excluding hydrogens is 232 g/mol. The van der Waals surface area contributed by atoms with Gasteiger partial charge < -0.3 is 4.90 Å². The minimum atomic E-state index is 0.0443. The molecule has 1 aliphatic rings. The summed E-state index contributed by atoms with van der Waals surface area (Å²) < 4.78 is 0. The van der Waals surface area contributed by atoms with Crippen LogP contribution in [0.5, 0.6) is 0 Å². The Morgan fingerprint density at radius 1 is 1.44 bits per heavy atom. The van der Waals surface area contributed by atoms with Gasteiger partial charge in [0.25, 0.3) is 0 Å². The molecule has 0 saturated carbocycles. The van der Waals surface area contributed by atoms with Crippen LogP contribution in [-0.2, 0) is 9.63 Å². The number of carbonyl (C=O) groups is 1. The number of rotatable bonds is 3. The van der Waals surface area contributed by atoms with E-state index in [1.54, 1.807) is 25.6 Å². The lowest BCUT2D eigenvalue weighted by atomic mass is 9.96. The van der Waals surface area contributed by atoms with E-state index in [4.69, 9.17) is 4.84 Å². The molecule has 0 N–H and O–H groups in total. The van der Waals surface area contributed by atoms with Crippen molar-refractivity contribution in [2.75, 3.05) is 32.1 Å². The first-order valence-electron chi connectivity index (χ1n) is 6.05. The highest BCUT2D eigenvalue weighted by Crippen LogP contribution is 2.22. The van der Waals surface area contributed by atoms with E-state index in [1.807, 2.05) is 0 Å². The summed E-state index contributed by atoms with van der Waals surface area (Å²) in [6, 6.07) is 0. The smallest absolute Gasteiger partial charge is 0.249 e. The van der Waals surface area contributed by atoms with E-state index in [2.05, 4.69) is 14.9 Å². The summed E-state index contributed by atoms with van der Waals surface area (Å²) >= 11 is 0. The SMILES string of the molecule is CON(C)C(=O)C1CCN(c2cnccn2)CC1. The highest BCUT2D eigenvalue weighted by atomic mass is 16.7. The Bertz CT molecular complexity index is 390. The van der Waals surface area contributed by atoms with Gasteiger partial charge in [-0.2, -0.15) is 0 Å². The lowest BCUT2D eigenvalue weighted by molar-refractivity contribution is -0.174. The monoisotopic (exact) mass is 250 g/mol. The number of piperidine rings is 1. The molecule has 6 nitrogen and oxygen atoms in total. The van der Waals surface area contributed by atoms with Crippen LogP contribution >= 0.6 is 0 Å². The fourth-order valence-electron chi connectivity index (χ4n) is 2.16. The van der Waals surface area contributed by atoms with Crippen molar-refractivity contribution in [2.24, 2.45) is 5.92 Å². The third kappa shape index (κ3) is 2.76. The van der Waals surface area contributed by atoms with Crippen molar-refractivity contribution in [1.82, 2.24) is 15.0 Å². The first-order chi connectivity index (χ1) is 8.72. The van der Waals surface area contributed by atoms with Crippen LogP contribution in [0.3, 0.4) is 0 Å². The molecule has 0 bridgehead atoms. The molecule has 2 heterocycles. The van der Waals surface area contributed by atoms with E-state index in [0.717, 1.165) is 31.7 Å². The molecule has 0 radical (unpaired) electrons. The Morgan fingerprint density at radius 2 is 2.17 bits per heavy atom. The number of anilines is 1. The maximum atomic E-state index is 11.9. The van der Waals surface area contributed by atoms with Crippen molar-refractivity contribution < 1.29 is 9.63 Å². The Kier molecular flexibility index (Phi) is 4.09. The zero-order valence-electron chi connectivity index (χ0n) is 10.7. The number of hydrogen-bond donors (Lipinski definition) is 0. The molecule has 1 saturated heterocycles. The van der Waals surface area contributed by atoms with Gasteiger partial charge in [0, 0.05) is 38.4 Å². The standard InChI is InChI=1S/C12H18N4O2/c1-15(18-2)12(17)10-3-7-16(8-4-10)11-9-13-5-6-14-11/h5-6,9-10H,3-4,7-8H2,1-2H3. The van der Waals surface area contributed by atoms with Gasteiger partial charge in [-0.25, -0.2) is 10.0 Å². The van der Waals surface area contributed by atoms with Crippen molar-refractivity contribution in [2.45, 2.75) is 12.8 Å². The van der Waals surface area contributed by atoms with Gasteiger partial charge in [0.2, 0.25) is 5.91 Å². The van der Waals surface area contributed by atoms with E-state index in [0.29, 0.717) is 0 Å². The second-order valence-corrected chi connectivity index (χ2v) is 4.34. The third-order valence-corrected chi connectivity index (χ3v) is 3.30. The summed E-state index contributed by atoms with van der Waals surface area (Å²) in [7, 11) is 3.16. The number of carbonyl (C=O) groups excluding carboxylic acids is 1. The van der Waals surface area contributed by atoms with Crippen LogP contribution in [0.15, 0.2) is 18.6 Å². The van der Waals surface area contributed by atoms with Gasteiger partial charge in [0.1, 0.15) is 5.82 Å². The van der Waals surface area contributed by atoms with Gasteiger partial charge in [-0.05, 0) is 12.8 Å². The van der Waals surface area contributed by atoms with Gasteiger partial charge in [-0.15, -0.1) is 0 Å². The average molecular weight is 250 g/mol. The molecule has 1 aliphatic heterocycles. The number of hydrogen-bond acceptors (Lipinski definition) is 5. The molecule has 0 spiro atoms. The van der Waals surface area contributed by atoms with E-state index >= 15 is 0 Å². The van der Waals surface area contributed by atoms with Gasteiger partial charge in [0.15, 0.2) is 0 Å². The zero-order valence-corrected chi connectivity index (χ0v) is 10.7. The Hall–Kier alpha value is -1.69. The van der Waals surface area contributed by atoms with E-state index in [1.165, 1.54) is 12.2 Å². The second kappa shape index (κ2) is 5.77. The lowest BCUT2D eigenvalue weighted by Crippen LogP contribution is -2.41. The molecule has 1 amide bonds. The summed E-state index contributed by atoms with van der Waals surface area (Å²) in [6.07, 6.45) is 6.74. The van der Waals surface area contributed by atoms with Gasteiger partial charge in [-0.1, -0.05) is 0 Å². The Morgan fingerprint density at radius 3 is 2.72 bits per heavy atom. The second-order valence-electron chi connectivity index (χ2n) is 4.34. The first kappa shape index (κ1) is 12.8. The molecule has 0 unspecified atom stereocenters. The lowest BCUT2D eigenvalue weighted by Gasteiger charge is -2.33. The van der Waals surface area contributed by atoms with E-state index in [-0.39, 0.29) is 11.8 Å². The highest BCUT2D eigenvalue weighted by Gasteiger charge is 2.27. The van der Waals surface area contributed by atoms with Crippen molar-refractivity contribution in [3.63, 3.8) is 0 Å². The van der Waals surface area contributed by atoms with Crippen LogP contribution < -0.4 is 4.90 Å². The normalized spacial score (nSPS) is 16.7. The Balaban J connectivity index is 1.90. The van der Waals surface area contributed by atoms with E-state index in [9.17, 15) is 4.79 Å². The van der Waals surface area contributed by atoms with Gasteiger partial charge >= 0.3 is 0 Å². The molecule has 0 atom stereocenters. The summed E-state index contributed by atoms with van der Waals surface area (Å²) in [5.74, 6) is 0.975. The minimum Gasteiger partial charge on any atom is -0.355 e. The number of aromatic nitrogens is 2. The van der Waals surface area contributed by atoms with Crippen LogP contribution in [0.4, 0.5) is 5.82 Å². The van der Waals surface area contributed by atoms with Crippen LogP contribution in [0.25, 0.3) is 0 Å². The maximum Gasteiger partial charge on any atom is 0.249 e. The predicted octanol–water partition coefficient (Wildman–Crippen LogP) is 0.713. The summed E-state index contributed by atoms with van der Waals surface area (Å²) in [6.45, 7) is 1.65. The fourth-order valence-corrected chi connectivity index (χ4v) is 2.16. The van der Waals surface area contributed by atoms with Gasteiger partial charge in [-0.3, -0.25) is 14.6 Å². The largest absolute Gasteiger partial charge is 0.355 e. The maximum absolute atomic E-state index is 11.9. The minimum absolute atomic E-state index is 0.0443. The molecule has 1 aromatic rings. The van der Waals surface area contributed by atoms with Crippen LogP contribution in [-0.4, -0.2) is 48.2 Å². The molecule has 0 aliphatic carbocycles. The Labute approximate surface area is 107 Å². The van der Waals surface area contributed by atoms with Crippen molar-refractivity contribution in [3.8, 4) is 0 Å². The topological polar surface area (TPSA) is 58.6 Å². The number of hydroxylamine groups is 2. The third-order valence-electron chi connectivity index (χ3n) is 3.30. The molecule has 0 aromatic carbocycles. The highest BCUT2D eigenvalue weighted by molar-refractivity contribution is 5.77. The predicted molar refractivity (Wildman–Crippen MR) is 66.7 cm³/mol. The molecule has 18 heavy (non-hydrogen) atoms. The number of amides is 1. The average Bonchev–Trinajstić information content (AvgIpc) is 2.47. The molecule has 1 fully saturated rings. The van der Waals surface area contributed by atoms with Crippen molar-refractivity contribution in [3.05, 3.63) is 18.6 Å². The van der Waals surface area contributed by atoms with Crippen LogP contribution in [0.2, 0.25) is 0 Å². The van der Waals surface area contributed by atoms with Gasteiger partial charge in [0.05, 0.1) is 13.3 Å². The molecular formula is C12H18N4O2. The summed E-state index contributed by atoms with van der Waals surface area (Å²) in [4.78, 5) is 27.3. The molecule has 98 valence electrons. The summed E-state index contributed by atoms with van der Waals surface area (Å²) in [5, 5.41) is 1.31. The van der Waals surface area contributed by atoms with Crippen molar-refractivity contribution >= 4 is 11.7 Å². The van der Waals surface area contributed by atoms with Crippen molar-refractivity contribution in [1.29, 1.82) is 0 Å². The first-order valence-corrected chi connectivity index (χ1v) is 6.05. The number of nitrogens with zero attached hydrogens (tertiary/aromatic N) is 4. The molecule has 1 aromatic heterocycles. The summed E-state index contributed by atoms with van der Waals surface area (Å²) in [5.41, 5.74) is 0. The van der Waals surface area contributed by atoms with E-state index < -0.39 is 0 Å². The van der Waals surface area contributed by atoms with Crippen LogP contribution in [0.1, 0.15) is 12.8 Å². The van der Waals surface area contributed by atoms with Crippen LogP contribution in [0, 0.1) is 5.92 Å². The molecule has 2 rings (SSSR count). The molecule has 6 heteroatoms.